The van der Waals surface area contributed by atoms with Crippen LogP contribution < -0.4 is 0 Å². The summed E-state index contributed by atoms with van der Waals surface area (Å²) in [7, 11) is 0. The number of thiophene rings is 1. The molecule has 6 heterocycles. The minimum atomic E-state index is -0.435. The van der Waals surface area contributed by atoms with Gasteiger partial charge in [0.15, 0.2) is 0 Å². The van der Waals surface area contributed by atoms with Crippen molar-refractivity contribution in [2.24, 2.45) is 0 Å². The molecule has 0 unspecified atom stereocenters. The molecule has 0 fully saturated rings. The molecule has 17 aromatic carbocycles. The number of benzene rings is 17. The standard InChI is InChI=1S/C60H36N2OS.C42H28N2/c1-5-19-53-45(11-1)51-35-39(27-33-55(51)61(53)41-29-23-37(24-30-41)43-15-9-17-49-47-13-3-7-21-57(47)63-59(43)49)40-28-34-56-52(36-40)46-12-2-6-20-54(46)62(56)42-31-25-38(26-32-42)44-16-10-18-50-48-14-4-8-22-58(48)64-60(44)50;1-3-12-29(13-4-1)30-14-11-17-34(26-30)44-40-21-10-8-19-36(40)38-28-32(23-25-42(38)44)31-22-24-41-37(27-31)35-18-7-9-20-39(35)43(41)33-15-5-2-6-16-33/h1-36H;1-28H/i;1D,2D,3D,4D,5D,6D,12D,13D,15D,16D. The smallest absolute Gasteiger partial charge is 0.143 e. The Morgan fingerprint density at radius 3 is 1.11 bits per heavy atom. The lowest BCUT2D eigenvalue weighted by Crippen LogP contribution is -1.94. The normalized spacial score (nSPS) is 13.2. The van der Waals surface area contributed by atoms with Crippen LogP contribution in [0.15, 0.2) is 392 Å². The molecular weight excluding hydrogens is 1330 g/mol. The van der Waals surface area contributed by atoms with Gasteiger partial charge in [-0.15, -0.1) is 11.3 Å². The fraction of sp³-hybridized carbons (Fsp3) is 0. The van der Waals surface area contributed by atoms with E-state index in [0.717, 1.165) is 105 Å². The van der Waals surface area contributed by atoms with E-state index in [1.807, 2.05) is 102 Å². The second-order valence-corrected chi connectivity index (χ2v) is 28.6. The maximum Gasteiger partial charge on any atom is 0.143 e. The summed E-state index contributed by atoms with van der Waals surface area (Å²) in [6, 6.07) is 112. The Morgan fingerprint density at radius 1 is 0.222 bits per heavy atom. The zero-order chi connectivity index (χ0) is 79.6. The van der Waals surface area contributed by atoms with Crippen molar-refractivity contribution in [1.82, 2.24) is 18.3 Å². The third kappa shape index (κ3) is 9.85. The molecule has 0 radical (unpaired) electrons. The van der Waals surface area contributed by atoms with E-state index in [0.29, 0.717) is 5.56 Å². The fourth-order valence-electron chi connectivity index (χ4n) is 16.8. The van der Waals surface area contributed by atoms with Crippen molar-refractivity contribution in [1.29, 1.82) is 0 Å². The van der Waals surface area contributed by atoms with Crippen LogP contribution >= 0.6 is 11.3 Å². The Bertz CT molecular complexity index is 7880. The molecule has 0 saturated heterocycles. The molecule has 0 aliphatic rings. The molecule has 6 heteroatoms. The highest BCUT2D eigenvalue weighted by Gasteiger charge is 2.21. The monoisotopic (exact) mass is 1400 g/mol. The van der Waals surface area contributed by atoms with Crippen LogP contribution in [0.2, 0.25) is 0 Å². The summed E-state index contributed by atoms with van der Waals surface area (Å²) in [6.45, 7) is 0. The van der Waals surface area contributed by atoms with E-state index in [4.69, 9.17) is 18.1 Å². The number of aromatic nitrogens is 4. The number of hydrogen-bond donors (Lipinski definition) is 0. The number of furan rings is 1. The molecule has 504 valence electrons. The first-order valence-corrected chi connectivity index (χ1v) is 36.9. The summed E-state index contributed by atoms with van der Waals surface area (Å²) < 4.78 is 101. The second-order valence-electron chi connectivity index (χ2n) is 27.5. The average Bonchev–Trinajstić information content (AvgIpc) is 1.57. The van der Waals surface area contributed by atoms with Crippen molar-refractivity contribution in [2.45, 2.75) is 0 Å². The Balaban J connectivity index is 0.000000145. The third-order valence-electron chi connectivity index (χ3n) is 21.6. The molecule has 0 saturated carbocycles. The van der Waals surface area contributed by atoms with Gasteiger partial charge in [-0.2, -0.15) is 0 Å². The minimum absolute atomic E-state index is 0.102. The average molecular weight is 1400 g/mol. The molecule has 0 atom stereocenters. The molecule has 108 heavy (non-hydrogen) atoms. The van der Waals surface area contributed by atoms with E-state index in [9.17, 15) is 0 Å². The number of rotatable bonds is 9. The first-order chi connectivity index (χ1) is 57.7. The third-order valence-corrected chi connectivity index (χ3v) is 22.9. The number of para-hydroxylation sites is 7. The van der Waals surface area contributed by atoms with E-state index in [2.05, 4.69) is 244 Å². The van der Waals surface area contributed by atoms with E-state index in [-0.39, 0.29) is 59.6 Å². The SMILES string of the molecule is [2H]c1c([2H])c([2H])c(-c2cccc(-n3c4ccccc4c4cc(-c5ccc6c(c5)c5ccccc5n6-c5c([2H])c([2H])c([2H])c([2H])c5[2H])ccc43)c2)c([2H])c1[2H].c1ccc2c(c1)oc1c(-c3ccc(-n4c5ccccc5c5cc(-c6ccc7c(c6)c6ccccc6n7-c6ccc(-c7cccc8c7sc7ccccc78)cc6)ccc54)cc3)cccc12. The predicted molar refractivity (Wildman–Crippen MR) is 458 cm³/mol. The van der Waals surface area contributed by atoms with Crippen LogP contribution in [0, 0.1) is 0 Å². The van der Waals surface area contributed by atoms with Crippen LogP contribution in [0.3, 0.4) is 0 Å². The van der Waals surface area contributed by atoms with E-state index in [1.54, 1.807) is 10.6 Å². The van der Waals surface area contributed by atoms with Gasteiger partial charge in [-0.3, -0.25) is 0 Å². The molecule has 23 aromatic rings. The van der Waals surface area contributed by atoms with E-state index >= 15 is 0 Å². The van der Waals surface area contributed by atoms with Crippen molar-refractivity contribution in [3.63, 3.8) is 0 Å². The summed E-state index contributed by atoms with van der Waals surface area (Å²) in [5, 5.41) is 13.7. The van der Waals surface area contributed by atoms with Crippen LogP contribution in [-0.4, -0.2) is 18.3 Å². The van der Waals surface area contributed by atoms with Gasteiger partial charge >= 0.3 is 0 Å². The van der Waals surface area contributed by atoms with Gasteiger partial charge in [0.2, 0.25) is 0 Å². The summed E-state index contributed by atoms with van der Waals surface area (Å²) in [5.41, 5.74) is 22.8. The zero-order valence-electron chi connectivity index (χ0n) is 67.8. The molecule has 0 aliphatic carbocycles. The first-order valence-electron chi connectivity index (χ1n) is 41.1. The lowest BCUT2D eigenvalue weighted by Gasteiger charge is -2.11. The van der Waals surface area contributed by atoms with E-state index in [1.165, 1.54) is 86.0 Å². The maximum absolute atomic E-state index is 8.71. The van der Waals surface area contributed by atoms with Gasteiger partial charge in [0.1, 0.15) is 11.2 Å². The summed E-state index contributed by atoms with van der Waals surface area (Å²) in [4.78, 5) is 0. The Kier molecular flexibility index (Phi) is 12.0. The maximum atomic E-state index is 8.71. The Labute approximate surface area is 639 Å². The highest BCUT2D eigenvalue weighted by Crippen LogP contribution is 2.45. The number of nitrogens with zero attached hydrogens (tertiary/aromatic N) is 4. The quantitative estimate of drug-likeness (QED) is 0.142. The van der Waals surface area contributed by atoms with Crippen molar-refractivity contribution in [3.8, 4) is 78.4 Å². The van der Waals surface area contributed by atoms with Crippen LogP contribution in [0.1, 0.15) is 13.7 Å². The molecular formula is C102H64N4OS. The summed E-state index contributed by atoms with van der Waals surface area (Å²) in [6.07, 6.45) is 0. The molecule has 0 N–H and O–H groups in total. The largest absolute Gasteiger partial charge is 0.455 e. The van der Waals surface area contributed by atoms with Crippen LogP contribution in [-0.2, 0) is 0 Å². The summed E-state index contributed by atoms with van der Waals surface area (Å²) in [5.74, 6) is 0. The van der Waals surface area contributed by atoms with Gasteiger partial charge in [0.05, 0.1) is 57.8 Å². The minimum Gasteiger partial charge on any atom is -0.455 e. The van der Waals surface area contributed by atoms with Crippen molar-refractivity contribution in [2.75, 3.05) is 0 Å². The fourth-order valence-corrected chi connectivity index (χ4v) is 18.0. The first kappa shape index (κ1) is 52.0. The molecule has 0 amide bonds. The molecule has 0 aliphatic heterocycles. The van der Waals surface area contributed by atoms with Crippen molar-refractivity contribution < 1.29 is 18.1 Å². The Hall–Kier alpha value is -14.0. The van der Waals surface area contributed by atoms with Crippen LogP contribution in [0.5, 0.6) is 0 Å². The van der Waals surface area contributed by atoms with Gasteiger partial charge in [-0.1, -0.05) is 255 Å². The van der Waals surface area contributed by atoms with Gasteiger partial charge in [0, 0.05) is 102 Å². The second kappa shape index (κ2) is 24.8. The topological polar surface area (TPSA) is 32.9 Å². The van der Waals surface area contributed by atoms with Crippen molar-refractivity contribution in [3.05, 3.63) is 388 Å². The summed E-state index contributed by atoms with van der Waals surface area (Å²) >= 11 is 1.88. The van der Waals surface area contributed by atoms with E-state index < -0.39 is 12.1 Å². The number of hydrogen-bond acceptors (Lipinski definition) is 2. The highest BCUT2D eigenvalue weighted by atomic mass is 32.1. The van der Waals surface area contributed by atoms with Gasteiger partial charge in [0.25, 0.3) is 0 Å². The highest BCUT2D eigenvalue weighted by molar-refractivity contribution is 7.26. The lowest BCUT2D eigenvalue weighted by molar-refractivity contribution is 0.670. The van der Waals surface area contributed by atoms with Crippen LogP contribution in [0.25, 0.3) is 208 Å². The van der Waals surface area contributed by atoms with Gasteiger partial charge in [-0.05, 0) is 183 Å². The molecule has 23 rings (SSSR count). The van der Waals surface area contributed by atoms with Crippen molar-refractivity contribution >= 4 is 141 Å². The van der Waals surface area contributed by atoms with Gasteiger partial charge in [-0.25, -0.2) is 0 Å². The molecule has 0 bridgehead atoms. The molecule has 5 nitrogen and oxygen atoms in total. The van der Waals surface area contributed by atoms with Gasteiger partial charge < -0.3 is 22.7 Å². The van der Waals surface area contributed by atoms with Crippen LogP contribution in [0.4, 0.5) is 0 Å². The zero-order valence-corrected chi connectivity index (χ0v) is 58.6. The lowest BCUT2D eigenvalue weighted by atomic mass is 10.0. The molecule has 6 aromatic heterocycles. The Morgan fingerprint density at radius 2 is 0.593 bits per heavy atom. The predicted octanol–water partition coefficient (Wildman–Crippen LogP) is 28.4. The molecule has 0 spiro atoms. The number of fused-ring (bicyclic) bond motifs is 18.